The first kappa shape index (κ1) is 26.8. The van der Waals surface area contributed by atoms with Gasteiger partial charge in [-0.2, -0.15) is 13.2 Å². The van der Waals surface area contributed by atoms with Crippen LogP contribution in [0, 0.1) is 0 Å². The van der Waals surface area contributed by atoms with Crippen LogP contribution in [0.1, 0.15) is 37.0 Å². The number of carboxylic acid groups (broad SMARTS) is 1. The largest absolute Gasteiger partial charge is 0.481 e. The molecule has 37 heavy (non-hydrogen) atoms. The summed E-state index contributed by atoms with van der Waals surface area (Å²) in [7, 11) is 0. The molecular formula is C29H32F3N3O2. The molecule has 4 rings (SSSR count). The Morgan fingerprint density at radius 3 is 2.03 bits per heavy atom. The standard InChI is InChI=1S/C29H32F3N3O2/c1-28(2,29(30,31)32)25-9-7-24(8-10-25)23-5-3-21(4-6-23)18-34-15-16-35(26(20-34)17-27(36)37)19-22-11-13-33-14-12-22/h3-14,26H,15-20H2,1-2H3,(H,36,37). The molecule has 0 amide bonds. The van der Waals surface area contributed by atoms with Crippen molar-refractivity contribution in [3.63, 3.8) is 0 Å². The Hall–Kier alpha value is -3.23. The van der Waals surface area contributed by atoms with E-state index in [4.69, 9.17) is 0 Å². The maximum atomic E-state index is 13.3. The molecule has 1 saturated heterocycles. The molecule has 8 heteroatoms. The van der Waals surface area contributed by atoms with E-state index in [1.54, 1.807) is 36.7 Å². The summed E-state index contributed by atoms with van der Waals surface area (Å²) in [5.74, 6) is -0.805. The van der Waals surface area contributed by atoms with Crippen molar-refractivity contribution in [2.24, 2.45) is 0 Å². The summed E-state index contributed by atoms with van der Waals surface area (Å²) in [4.78, 5) is 20.1. The monoisotopic (exact) mass is 511 g/mol. The van der Waals surface area contributed by atoms with Gasteiger partial charge >= 0.3 is 12.1 Å². The molecule has 1 atom stereocenters. The van der Waals surface area contributed by atoms with Crippen LogP contribution < -0.4 is 0 Å². The molecule has 5 nitrogen and oxygen atoms in total. The first-order valence-electron chi connectivity index (χ1n) is 12.4. The van der Waals surface area contributed by atoms with Crippen molar-refractivity contribution in [2.45, 2.75) is 51.0 Å². The highest BCUT2D eigenvalue weighted by atomic mass is 19.4. The maximum Gasteiger partial charge on any atom is 0.397 e. The Balaban J connectivity index is 1.39. The number of rotatable bonds is 8. The van der Waals surface area contributed by atoms with Crippen LogP contribution in [-0.4, -0.2) is 57.7 Å². The highest BCUT2D eigenvalue weighted by Crippen LogP contribution is 2.40. The zero-order chi connectivity index (χ0) is 26.6. The summed E-state index contributed by atoms with van der Waals surface area (Å²) in [6.45, 7) is 6.06. The molecule has 2 heterocycles. The zero-order valence-electron chi connectivity index (χ0n) is 21.1. The van der Waals surface area contributed by atoms with Crippen molar-refractivity contribution in [2.75, 3.05) is 19.6 Å². The van der Waals surface area contributed by atoms with Crippen LogP contribution in [0.2, 0.25) is 0 Å². The number of carboxylic acids is 1. The molecule has 1 unspecified atom stereocenters. The van der Waals surface area contributed by atoms with Gasteiger partial charge in [-0.1, -0.05) is 48.5 Å². The Kier molecular flexibility index (Phi) is 7.99. The number of benzene rings is 2. The average Bonchev–Trinajstić information content (AvgIpc) is 2.86. The number of alkyl halides is 3. The van der Waals surface area contributed by atoms with E-state index in [0.717, 1.165) is 35.3 Å². The number of carbonyl (C=O) groups is 1. The molecule has 1 N–H and O–H groups in total. The molecule has 3 aromatic rings. The maximum absolute atomic E-state index is 13.3. The lowest BCUT2D eigenvalue weighted by Crippen LogP contribution is -2.52. The van der Waals surface area contributed by atoms with Crippen LogP contribution in [0.5, 0.6) is 0 Å². The number of aliphatic carboxylic acids is 1. The van der Waals surface area contributed by atoms with Gasteiger partial charge in [0.2, 0.25) is 0 Å². The van der Waals surface area contributed by atoms with Crippen LogP contribution in [0.25, 0.3) is 11.1 Å². The third-order valence-corrected chi connectivity index (χ3v) is 7.24. The molecule has 196 valence electrons. The van der Waals surface area contributed by atoms with Gasteiger partial charge in [-0.15, -0.1) is 0 Å². The second kappa shape index (κ2) is 11.0. The molecule has 0 radical (unpaired) electrons. The molecule has 2 aromatic carbocycles. The van der Waals surface area contributed by atoms with E-state index in [1.807, 2.05) is 36.4 Å². The Morgan fingerprint density at radius 1 is 0.892 bits per heavy atom. The van der Waals surface area contributed by atoms with E-state index in [2.05, 4.69) is 14.8 Å². The fraction of sp³-hybridized carbons (Fsp3) is 0.379. The summed E-state index contributed by atoms with van der Waals surface area (Å²) in [5, 5.41) is 9.45. The van der Waals surface area contributed by atoms with Gasteiger partial charge in [-0.25, -0.2) is 0 Å². The second-order valence-corrected chi connectivity index (χ2v) is 10.2. The molecule has 1 aliphatic heterocycles. The lowest BCUT2D eigenvalue weighted by Gasteiger charge is -2.41. The SMILES string of the molecule is CC(C)(c1ccc(-c2ccc(CN3CCN(Cc4ccncc4)C(CC(=O)O)C3)cc2)cc1)C(F)(F)F. The fourth-order valence-electron chi connectivity index (χ4n) is 4.73. The molecule has 1 aromatic heterocycles. The smallest absolute Gasteiger partial charge is 0.397 e. The van der Waals surface area contributed by atoms with Gasteiger partial charge in [-0.05, 0) is 53.8 Å². The van der Waals surface area contributed by atoms with Crippen LogP contribution in [0.3, 0.4) is 0 Å². The van der Waals surface area contributed by atoms with Crippen molar-refractivity contribution in [1.82, 2.24) is 14.8 Å². The topological polar surface area (TPSA) is 56.7 Å². The number of aromatic nitrogens is 1. The number of halogens is 3. The van der Waals surface area contributed by atoms with Gasteiger partial charge in [0.25, 0.3) is 0 Å². The average molecular weight is 512 g/mol. The van der Waals surface area contributed by atoms with Crippen LogP contribution in [0.4, 0.5) is 13.2 Å². The second-order valence-electron chi connectivity index (χ2n) is 10.2. The fourth-order valence-corrected chi connectivity index (χ4v) is 4.73. The van der Waals surface area contributed by atoms with E-state index < -0.39 is 17.6 Å². The molecule has 0 bridgehead atoms. The zero-order valence-corrected chi connectivity index (χ0v) is 21.1. The first-order valence-corrected chi connectivity index (χ1v) is 12.4. The number of hydrogen-bond acceptors (Lipinski definition) is 4. The van der Waals surface area contributed by atoms with Crippen molar-refractivity contribution < 1.29 is 23.1 Å². The minimum absolute atomic E-state index is 0.0850. The third-order valence-electron chi connectivity index (χ3n) is 7.24. The van der Waals surface area contributed by atoms with E-state index in [-0.39, 0.29) is 18.0 Å². The third kappa shape index (κ3) is 6.56. The minimum atomic E-state index is -4.32. The molecule has 1 aliphatic rings. The molecule has 0 aliphatic carbocycles. The lowest BCUT2D eigenvalue weighted by atomic mass is 9.83. The number of nitrogens with zero attached hydrogens (tertiary/aromatic N) is 3. The quantitative estimate of drug-likeness (QED) is 0.417. The molecule has 0 spiro atoms. The van der Waals surface area contributed by atoms with E-state index in [0.29, 0.717) is 19.6 Å². The van der Waals surface area contributed by atoms with Gasteiger partial charge in [0.05, 0.1) is 11.8 Å². The molecule has 0 saturated carbocycles. The first-order chi connectivity index (χ1) is 17.5. The summed E-state index contributed by atoms with van der Waals surface area (Å²) >= 11 is 0. The van der Waals surface area contributed by atoms with Crippen molar-refractivity contribution in [3.05, 3.63) is 89.7 Å². The normalized spacial score (nSPS) is 17.6. The highest BCUT2D eigenvalue weighted by Gasteiger charge is 2.48. The van der Waals surface area contributed by atoms with Crippen molar-refractivity contribution in [1.29, 1.82) is 0 Å². The van der Waals surface area contributed by atoms with Crippen LogP contribution in [0.15, 0.2) is 73.1 Å². The van der Waals surface area contributed by atoms with E-state index in [1.165, 1.54) is 13.8 Å². The number of piperazine rings is 1. The summed E-state index contributed by atoms with van der Waals surface area (Å²) in [6, 6.07) is 18.4. The predicted molar refractivity (Wildman–Crippen MR) is 137 cm³/mol. The molecular weight excluding hydrogens is 479 g/mol. The Morgan fingerprint density at radius 2 is 1.46 bits per heavy atom. The van der Waals surface area contributed by atoms with Gasteiger partial charge in [-0.3, -0.25) is 19.6 Å². The summed E-state index contributed by atoms with van der Waals surface area (Å²) < 4.78 is 40.0. The van der Waals surface area contributed by atoms with E-state index >= 15 is 0 Å². The minimum Gasteiger partial charge on any atom is -0.481 e. The van der Waals surface area contributed by atoms with Crippen LogP contribution >= 0.6 is 0 Å². The highest BCUT2D eigenvalue weighted by molar-refractivity contribution is 5.67. The van der Waals surface area contributed by atoms with E-state index in [9.17, 15) is 23.1 Å². The molecule has 1 fully saturated rings. The number of hydrogen-bond donors (Lipinski definition) is 1. The Labute approximate surface area is 215 Å². The van der Waals surface area contributed by atoms with Gasteiger partial charge in [0.1, 0.15) is 0 Å². The van der Waals surface area contributed by atoms with Gasteiger partial charge < -0.3 is 5.11 Å². The van der Waals surface area contributed by atoms with Gasteiger partial charge in [0.15, 0.2) is 0 Å². The Bertz CT molecular complexity index is 1180. The predicted octanol–water partition coefficient (Wildman–Crippen LogP) is 5.75. The van der Waals surface area contributed by atoms with Crippen LogP contribution in [-0.2, 0) is 23.3 Å². The van der Waals surface area contributed by atoms with Gasteiger partial charge in [0, 0.05) is 51.2 Å². The summed E-state index contributed by atoms with van der Waals surface area (Å²) in [5.41, 5.74) is 2.35. The summed E-state index contributed by atoms with van der Waals surface area (Å²) in [6.07, 6.45) is -0.732. The number of pyridine rings is 1. The lowest BCUT2D eigenvalue weighted by molar-refractivity contribution is -0.180. The van der Waals surface area contributed by atoms with Crippen molar-refractivity contribution >= 4 is 5.97 Å². The van der Waals surface area contributed by atoms with Crippen molar-refractivity contribution in [3.8, 4) is 11.1 Å².